The largest absolute Gasteiger partial charge is 0.455 e. The number of ether oxygens (including phenoxy) is 1. The molecule has 0 heterocycles. The van der Waals surface area contributed by atoms with Gasteiger partial charge in [0.2, 0.25) is 0 Å². The van der Waals surface area contributed by atoms with Crippen molar-refractivity contribution < 1.29 is 17.9 Å². The summed E-state index contributed by atoms with van der Waals surface area (Å²) < 4.78 is 45.0. The van der Waals surface area contributed by atoms with E-state index < -0.39 is 11.7 Å². The number of rotatable bonds is 5. The van der Waals surface area contributed by atoms with Gasteiger partial charge in [-0.25, -0.2) is 0 Å². The summed E-state index contributed by atoms with van der Waals surface area (Å²) in [4.78, 5) is 0. The summed E-state index contributed by atoms with van der Waals surface area (Å²) in [6, 6.07) is 23.0. The molecule has 7 heteroatoms. The molecule has 0 aliphatic heterocycles. The monoisotopic (exact) mass is 405 g/mol. The highest BCUT2D eigenvalue weighted by atomic mass is 19.4. The lowest BCUT2D eigenvalue weighted by Crippen LogP contribution is -2.06. The molecule has 4 nitrogen and oxygen atoms in total. The van der Waals surface area contributed by atoms with Crippen LogP contribution in [0.1, 0.15) is 5.56 Å². The number of anilines is 1. The van der Waals surface area contributed by atoms with Crippen LogP contribution in [0.2, 0.25) is 0 Å². The molecule has 0 atom stereocenters. The maximum Gasteiger partial charge on any atom is 0.416 e. The molecule has 0 saturated heterocycles. The predicted molar refractivity (Wildman–Crippen MR) is 106 cm³/mol. The molecule has 0 unspecified atom stereocenters. The first-order chi connectivity index (χ1) is 14.4. The van der Waals surface area contributed by atoms with Crippen molar-refractivity contribution in [1.29, 1.82) is 10.5 Å². The predicted octanol–water partition coefficient (Wildman–Crippen LogP) is 6.51. The van der Waals surface area contributed by atoms with E-state index in [0.29, 0.717) is 5.75 Å². The lowest BCUT2D eigenvalue weighted by Gasteiger charge is -2.14. The Morgan fingerprint density at radius 2 is 1.50 bits per heavy atom. The van der Waals surface area contributed by atoms with E-state index in [1.165, 1.54) is 6.07 Å². The van der Waals surface area contributed by atoms with E-state index in [2.05, 4.69) is 5.32 Å². The Balaban J connectivity index is 1.90. The summed E-state index contributed by atoms with van der Waals surface area (Å²) >= 11 is 0. The van der Waals surface area contributed by atoms with Crippen LogP contribution in [0, 0.1) is 22.7 Å². The number of benzene rings is 3. The molecule has 0 saturated carbocycles. The van der Waals surface area contributed by atoms with E-state index in [4.69, 9.17) is 15.3 Å². The molecule has 3 rings (SSSR count). The lowest BCUT2D eigenvalue weighted by atomic mass is 10.1. The second-order valence-electron chi connectivity index (χ2n) is 6.13. The van der Waals surface area contributed by atoms with E-state index in [1.54, 1.807) is 24.3 Å². The molecule has 0 fully saturated rings. The minimum Gasteiger partial charge on any atom is -0.455 e. The maximum absolute atomic E-state index is 13.1. The number of hydrogen-bond acceptors (Lipinski definition) is 4. The fraction of sp³-hybridized carbons (Fsp3) is 0.0435. The van der Waals surface area contributed by atoms with Crippen LogP contribution in [0.15, 0.2) is 84.6 Å². The minimum absolute atomic E-state index is 0.0278. The van der Waals surface area contributed by atoms with Gasteiger partial charge >= 0.3 is 6.18 Å². The summed E-state index contributed by atoms with van der Waals surface area (Å²) in [6.07, 6.45) is -3.52. The van der Waals surface area contributed by atoms with Crippen LogP contribution in [0.4, 0.5) is 18.9 Å². The zero-order valence-electron chi connectivity index (χ0n) is 15.4. The summed E-state index contributed by atoms with van der Waals surface area (Å²) in [5.74, 6) is 0.532. The van der Waals surface area contributed by atoms with Gasteiger partial charge in [0, 0.05) is 6.20 Å². The Labute approximate surface area is 171 Å². The number of nitrogens with one attached hydrogen (secondary N) is 1. The molecule has 0 aliphatic rings. The van der Waals surface area contributed by atoms with Crippen LogP contribution in [0.25, 0.3) is 11.1 Å². The fourth-order valence-corrected chi connectivity index (χ4v) is 2.62. The van der Waals surface area contributed by atoms with E-state index in [0.717, 1.165) is 29.5 Å². The second kappa shape index (κ2) is 8.85. The molecule has 148 valence electrons. The van der Waals surface area contributed by atoms with Crippen LogP contribution in [-0.4, -0.2) is 0 Å². The molecule has 0 aromatic heterocycles. The SMILES string of the molecule is N#CC(C#N)=CNc1cc(C(F)(F)F)ccc1Oc1ccc(-c2ccccc2)cc1. The zero-order valence-corrected chi connectivity index (χ0v) is 15.4. The number of alkyl halides is 3. The third-order valence-electron chi connectivity index (χ3n) is 4.11. The Kier molecular flexibility index (Phi) is 6.05. The summed E-state index contributed by atoms with van der Waals surface area (Å²) in [5, 5.41) is 20.2. The zero-order chi connectivity index (χ0) is 21.6. The van der Waals surface area contributed by atoms with Crippen molar-refractivity contribution in [1.82, 2.24) is 0 Å². The number of nitriles is 2. The van der Waals surface area contributed by atoms with Crippen molar-refractivity contribution in [2.45, 2.75) is 6.18 Å². The van der Waals surface area contributed by atoms with Crippen molar-refractivity contribution >= 4 is 5.69 Å². The summed E-state index contributed by atoms with van der Waals surface area (Å²) in [5.41, 5.74) is 0.780. The molecule has 1 N–H and O–H groups in total. The van der Waals surface area contributed by atoms with Crippen LogP contribution in [0.3, 0.4) is 0 Å². The normalized spacial score (nSPS) is 10.4. The second-order valence-corrected chi connectivity index (χ2v) is 6.13. The first-order valence-corrected chi connectivity index (χ1v) is 8.72. The molecule has 0 radical (unpaired) electrons. The van der Waals surface area contributed by atoms with Gasteiger partial charge in [0.25, 0.3) is 0 Å². The van der Waals surface area contributed by atoms with Crippen molar-refractivity contribution in [3.8, 4) is 34.8 Å². The van der Waals surface area contributed by atoms with Crippen LogP contribution >= 0.6 is 0 Å². The molecule has 0 spiro atoms. The number of halogens is 3. The van der Waals surface area contributed by atoms with Gasteiger partial charge in [-0.2, -0.15) is 23.7 Å². The molecule has 3 aromatic rings. The highest BCUT2D eigenvalue weighted by molar-refractivity contribution is 5.65. The fourth-order valence-electron chi connectivity index (χ4n) is 2.62. The summed E-state index contributed by atoms with van der Waals surface area (Å²) in [6.45, 7) is 0. The van der Waals surface area contributed by atoms with Crippen LogP contribution in [-0.2, 0) is 6.18 Å². The molecule has 3 aromatic carbocycles. The van der Waals surface area contributed by atoms with E-state index >= 15 is 0 Å². The summed E-state index contributed by atoms with van der Waals surface area (Å²) in [7, 11) is 0. The van der Waals surface area contributed by atoms with Gasteiger partial charge < -0.3 is 10.1 Å². The minimum atomic E-state index is -4.55. The molecule has 30 heavy (non-hydrogen) atoms. The standard InChI is InChI=1S/C23H14F3N3O/c24-23(25,26)19-8-11-22(21(12-19)29-15-16(13-27)14-28)30-20-9-6-18(7-10-20)17-4-2-1-3-5-17/h1-12,15,29H. The first kappa shape index (κ1) is 20.5. The highest BCUT2D eigenvalue weighted by Gasteiger charge is 2.31. The van der Waals surface area contributed by atoms with Crippen molar-refractivity contribution in [3.05, 3.63) is 90.1 Å². The van der Waals surface area contributed by atoms with Gasteiger partial charge in [0.1, 0.15) is 23.5 Å². The van der Waals surface area contributed by atoms with E-state index in [9.17, 15) is 13.2 Å². The lowest BCUT2D eigenvalue weighted by molar-refractivity contribution is -0.137. The first-order valence-electron chi connectivity index (χ1n) is 8.72. The highest BCUT2D eigenvalue weighted by Crippen LogP contribution is 2.37. The smallest absolute Gasteiger partial charge is 0.416 e. The Bertz CT molecular complexity index is 1120. The molecular weight excluding hydrogens is 391 g/mol. The van der Waals surface area contributed by atoms with Crippen molar-refractivity contribution in [2.24, 2.45) is 0 Å². The molecule has 0 amide bonds. The van der Waals surface area contributed by atoms with Crippen molar-refractivity contribution in [3.63, 3.8) is 0 Å². The molecule has 0 aliphatic carbocycles. The maximum atomic E-state index is 13.1. The Morgan fingerprint density at radius 3 is 2.10 bits per heavy atom. The van der Waals surface area contributed by atoms with Crippen molar-refractivity contribution in [2.75, 3.05) is 5.32 Å². The molecule has 0 bridgehead atoms. The Morgan fingerprint density at radius 1 is 0.867 bits per heavy atom. The number of allylic oxidation sites excluding steroid dienone is 1. The third-order valence-corrected chi connectivity index (χ3v) is 4.11. The topological polar surface area (TPSA) is 68.8 Å². The van der Waals surface area contributed by atoms with Crippen LogP contribution in [0.5, 0.6) is 11.5 Å². The van der Waals surface area contributed by atoms with E-state index in [-0.39, 0.29) is 17.0 Å². The average molecular weight is 405 g/mol. The van der Waals surface area contributed by atoms with Gasteiger partial charge in [0.05, 0.1) is 11.3 Å². The van der Waals surface area contributed by atoms with Gasteiger partial charge in [-0.15, -0.1) is 0 Å². The number of hydrogen-bond donors (Lipinski definition) is 1. The van der Waals surface area contributed by atoms with Gasteiger partial charge in [-0.1, -0.05) is 42.5 Å². The van der Waals surface area contributed by atoms with Gasteiger partial charge in [-0.05, 0) is 41.5 Å². The third kappa shape index (κ3) is 4.98. The number of nitrogens with zero attached hydrogens (tertiary/aromatic N) is 2. The quantitative estimate of drug-likeness (QED) is 0.492. The van der Waals surface area contributed by atoms with Gasteiger partial charge in [0.15, 0.2) is 5.75 Å². The van der Waals surface area contributed by atoms with E-state index in [1.807, 2.05) is 42.5 Å². The van der Waals surface area contributed by atoms with Crippen LogP contribution < -0.4 is 10.1 Å². The van der Waals surface area contributed by atoms with Gasteiger partial charge in [-0.3, -0.25) is 0 Å². The molecular formula is C23H14F3N3O. The average Bonchev–Trinajstić information content (AvgIpc) is 2.76. The Hall–Kier alpha value is -4.23.